The third-order valence-corrected chi connectivity index (χ3v) is 7.08. The molecule has 5 nitrogen and oxygen atoms in total. The number of aryl methyl sites for hydroxylation is 1. The summed E-state index contributed by atoms with van der Waals surface area (Å²) in [5, 5.41) is 1.36. The van der Waals surface area contributed by atoms with Crippen LogP contribution in [-0.2, 0) is 24.2 Å². The summed E-state index contributed by atoms with van der Waals surface area (Å²) in [5.74, 6) is 0. The Balaban J connectivity index is 1.53. The average molecular weight is 489 g/mol. The van der Waals surface area contributed by atoms with Gasteiger partial charge in [0.1, 0.15) is 0 Å². The number of likely N-dealkylation sites (tertiary alicyclic amines) is 1. The van der Waals surface area contributed by atoms with Crippen LogP contribution in [0.2, 0.25) is 10.0 Å². The number of hydrogen-bond acceptors (Lipinski definition) is 4. The Morgan fingerprint density at radius 1 is 1.00 bits per heavy atom. The molecule has 2 heterocycles. The Morgan fingerprint density at radius 2 is 1.53 bits per heavy atom. The van der Waals surface area contributed by atoms with E-state index in [-0.39, 0.29) is 18.6 Å². The van der Waals surface area contributed by atoms with E-state index in [0.29, 0.717) is 23.1 Å². The molecule has 4 rings (SSSR count). The molecule has 168 valence electrons. The van der Waals surface area contributed by atoms with Gasteiger partial charge in [0.05, 0.1) is 18.3 Å². The molecule has 1 aliphatic heterocycles. The first-order valence-corrected chi connectivity index (χ1v) is 12.3. The monoisotopic (exact) mass is 488 g/mol. The summed E-state index contributed by atoms with van der Waals surface area (Å²) in [5.41, 5.74) is 3.92. The Labute approximate surface area is 201 Å². The van der Waals surface area contributed by atoms with E-state index in [2.05, 4.69) is 9.88 Å². The van der Waals surface area contributed by atoms with Crippen molar-refractivity contribution in [1.82, 2.24) is 14.2 Å². The highest BCUT2D eigenvalue weighted by molar-refractivity contribution is 7.76. The smallest absolute Gasteiger partial charge is 0.0602 e. The van der Waals surface area contributed by atoms with Crippen LogP contribution < -0.4 is 0 Å². The van der Waals surface area contributed by atoms with Gasteiger partial charge in [-0.1, -0.05) is 60.5 Å². The first-order valence-electron chi connectivity index (χ1n) is 10.5. The van der Waals surface area contributed by atoms with Gasteiger partial charge in [-0.05, 0) is 53.9 Å². The van der Waals surface area contributed by atoms with Gasteiger partial charge in [-0.25, -0.2) is 4.31 Å². The number of rotatable bonds is 8. The molecule has 1 saturated heterocycles. The van der Waals surface area contributed by atoms with Crippen molar-refractivity contribution in [2.24, 2.45) is 0 Å². The molecule has 1 unspecified atom stereocenters. The van der Waals surface area contributed by atoms with Gasteiger partial charge in [0, 0.05) is 46.1 Å². The first kappa shape index (κ1) is 23.4. The van der Waals surface area contributed by atoms with E-state index < -0.39 is 11.3 Å². The molecule has 1 aliphatic rings. The van der Waals surface area contributed by atoms with Gasteiger partial charge >= 0.3 is 0 Å². The molecule has 0 N–H and O–H groups in total. The highest BCUT2D eigenvalue weighted by Crippen LogP contribution is 2.35. The topological polar surface area (TPSA) is 59.5 Å². The first-order chi connectivity index (χ1) is 15.4. The van der Waals surface area contributed by atoms with Gasteiger partial charge < -0.3 is 4.55 Å². The minimum absolute atomic E-state index is 0.00994. The molecule has 1 aromatic heterocycles. The summed E-state index contributed by atoms with van der Waals surface area (Å²) in [6.45, 7) is 3.55. The van der Waals surface area contributed by atoms with Crippen molar-refractivity contribution in [1.29, 1.82) is 0 Å². The predicted molar refractivity (Wildman–Crippen MR) is 128 cm³/mol. The zero-order valence-corrected chi connectivity index (χ0v) is 20.0. The van der Waals surface area contributed by atoms with Crippen molar-refractivity contribution in [2.45, 2.75) is 32.0 Å². The summed E-state index contributed by atoms with van der Waals surface area (Å²) >= 11 is 9.86. The molecule has 0 amide bonds. The van der Waals surface area contributed by atoms with Crippen LogP contribution in [0.4, 0.5) is 0 Å². The van der Waals surface area contributed by atoms with Crippen LogP contribution in [-0.4, -0.2) is 42.1 Å². The molecule has 1 fully saturated rings. The van der Waals surface area contributed by atoms with Gasteiger partial charge in [0.25, 0.3) is 0 Å². The van der Waals surface area contributed by atoms with Crippen LogP contribution in [0.5, 0.6) is 0 Å². The lowest BCUT2D eigenvalue weighted by Crippen LogP contribution is -2.60. The van der Waals surface area contributed by atoms with Crippen LogP contribution in [0, 0.1) is 0 Å². The molecular formula is C24H24Cl2N3O2S-. The van der Waals surface area contributed by atoms with Crippen LogP contribution in [0.3, 0.4) is 0 Å². The number of aromatic nitrogens is 1. The van der Waals surface area contributed by atoms with E-state index in [1.165, 1.54) is 4.31 Å². The van der Waals surface area contributed by atoms with Crippen LogP contribution >= 0.6 is 23.2 Å². The second-order valence-corrected chi connectivity index (χ2v) is 9.66. The molecule has 8 heteroatoms. The van der Waals surface area contributed by atoms with Crippen molar-refractivity contribution in [3.05, 3.63) is 99.3 Å². The minimum Gasteiger partial charge on any atom is -0.760 e. The van der Waals surface area contributed by atoms with Crippen molar-refractivity contribution in [2.75, 3.05) is 13.1 Å². The number of halogens is 2. The lowest BCUT2D eigenvalue weighted by atomic mass is 9.93. The van der Waals surface area contributed by atoms with E-state index in [0.717, 1.165) is 28.9 Å². The molecule has 2 aromatic carbocycles. The summed E-state index contributed by atoms with van der Waals surface area (Å²) in [6, 6.07) is 21.2. The second-order valence-electron chi connectivity index (χ2n) is 7.88. The van der Waals surface area contributed by atoms with Crippen molar-refractivity contribution < 1.29 is 8.76 Å². The highest BCUT2D eigenvalue weighted by atomic mass is 35.5. The summed E-state index contributed by atoms with van der Waals surface area (Å²) in [6.07, 6.45) is 0.815. The number of benzene rings is 2. The summed E-state index contributed by atoms with van der Waals surface area (Å²) in [7, 11) is 0. The maximum atomic E-state index is 12.0. The number of pyridine rings is 1. The largest absolute Gasteiger partial charge is 0.760 e. The lowest BCUT2D eigenvalue weighted by Gasteiger charge is -2.49. The molecule has 1 atom stereocenters. The van der Waals surface area contributed by atoms with Gasteiger partial charge in [-0.15, -0.1) is 0 Å². The quantitative estimate of drug-likeness (QED) is 0.417. The van der Waals surface area contributed by atoms with E-state index in [1.54, 1.807) is 0 Å². The molecule has 32 heavy (non-hydrogen) atoms. The SMILES string of the molecule is CCc1cccc(CN(C2CN(C(c3ccc(Cl)cc3)c3ccc(Cl)cc3)C2)S(=O)[O-])n1. The Morgan fingerprint density at radius 3 is 2.03 bits per heavy atom. The fourth-order valence-electron chi connectivity index (χ4n) is 4.06. The summed E-state index contributed by atoms with van der Waals surface area (Å²) in [4.78, 5) is 6.84. The van der Waals surface area contributed by atoms with E-state index in [1.807, 2.05) is 73.7 Å². The number of nitrogens with zero attached hydrogens (tertiary/aromatic N) is 3. The van der Waals surface area contributed by atoms with Crippen LogP contribution in [0.15, 0.2) is 66.7 Å². The Hall–Kier alpha value is -1.80. The standard InChI is InChI=1S/C24H25Cl2N3O2S/c1-2-21-4-3-5-22(27-21)14-29(32(30)31)23-15-28(16-23)24(17-6-10-19(25)11-7-17)18-8-12-20(26)13-9-18/h3-13,23-24H,2,14-16H2,1H3,(H,30,31)/p-1. The molecule has 3 aromatic rings. The van der Waals surface area contributed by atoms with Gasteiger partial charge in [-0.3, -0.25) is 14.1 Å². The maximum Gasteiger partial charge on any atom is 0.0602 e. The fourth-order valence-corrected chi connectivity index (χ4v) is 4.93. The average Bonchev–Trinajstić information content (AvgIpc) is 2.76. The third kappa shape index (κ3) is 5.39. The fraction of sp³-hybridized carbons (Fsp3) is 0.292. The molecule has 0 radical (unpaired) electrons. The molecule has 0 aliphatic carbocycles. The van der Waals surface area contributed by atoms with Crippen molar-refractivity contribution >= 4 is 34.5 Å². The van der Waals surface area contributed by atoms with Gasteiger partial charge in [0.15, 0.2) is 0 Å². The Kier molecular flexibility index (Phi) is 7.61. The number of hydrogen-bond donors (Lipinski definition) is 0. The predicted octanol–water partition coefficient (Wildman–Crippen LogP) is 5.02. The van der Waals surface area contributed by atoms with Gasteiger partial charge in [-0.2, -0.15) is 0 Å². The summed E-state index contributed by atoms with van der Waals surface area (Å²) < 4.78 is 25.6. The molecule has 0 spiro atoms. The zero-order chi connectivity index (χ0) is 22.7. The second kappa shape index (κ2) is 10.4. The Bertz CT molecular complexity index is 1030. The van der Waals surface area contributed by atoms with Gasteiger partial charge in [0.2, 0.25) is 0 Å². The minimum atomic E-state index is -2.33. The van der Waals surface area contributed by atoms with Crippen LogP contribution in [0.25, 0.3) is 0 Å². The van der Waals surface area contributed by atoms with Crippen LogP contribution in [0.1, 0.15) is 35.5 Å². The van der Waals surface area contributed by atoms with E-state index >= 15 is 0 Å². The molecule has 0 saturated carbocycles. The maximum absolute atomic E-state index is 12.0. The normalized spacial score (nSPS) is 15.8. The van der Waals surface area contributed by atoms with E-state index in [4.69, 9.17) is 23.2 Å². The highest BCUT2D eigenvalue weighted by Gasteiger charge is 2.38. The molecular weight excluding hydrogens is 465 g/mol. The third-order valence-electron chi connectivity index (χ3n) is 5.77. The van der Waals surface area contributed by atoms with Crippen molar-refractivity contribution in [3.63, 3.8) is 0 Å². The molecule has 0 bridgehead atoms. The lowest BCUT2D eigenvalue weighted by molar-refractivity contribution is 0.0490. The zero-order valence-electron chi connectivity index (χ0n) is 17.7. The van der Waals surface area contributed by atoms with Crippen molar-refractivity contribution in [3.8, 4) is 0 Å². The van der Waals surface area contributed by atoms with E-state index in [9.17, 15) is 8.76 Å².